The van der Waals surface area contributed by atoms with Gasteiger partial charge in [-0.05, 0) is 36.3 Å². The maximum atomic E-state index is 13.2. The number of nitrogens with zero attached hydrogens (tertiary/aromatic N) is 2. The van der Waals surface area contributed by atoms with Crippen molar-refractivity contribution in [2.45, 2.75) is 19.6 Å². The van der Waals surface area contributed by atoms with Crippen LogP contribution in [0.3, 0.4) is 0 Å². The van der Waals surface area contributed by atoms with Crippen LogP contribution in [0, 0.1) is 5.82 Å². The minimum absolute atomic E-state index is 0.197. The normalized spacial score (nSPS) is 16.0. The molecule has 0 bridgehead atoms. The fraction of sp³-hybridized carbons (Fsp3) is 0.304. The van der Waals surface area contributed by atoms with Crippen molar-refractivity contribution >= 4 is 18.0 Å². The zero-order valence-corrected chi connectivity index (χ0v) is 16.5. The van der Waals surface area contributed by atoms with Crippen molar-refractivity contribution in [3.8, 4) is 0 Å². The number of ether oxygens (including phenoxy) is 1. The van der Waals surface area contributed by atoms with E-state index in [2.05, 4.69) is 17.0 Å². The Morgan fingerprint density at radius 3 is 2.48 bits per heavy atom. The zero-order chi connectivity index (χ0) is 20.6. The van der Waals surface area contributed by atoms with E-state index < -0.39 is 12.1 Å². The molecule has 1 unspecified atom stereocenters. The number of amides is 1. The van der Waals surface area contributed by atoms with Crippen molar-refractivity contribution in [2.75, 3.05) is 26.2 Å². The van der Waals surface area contributed by atoms with E-state index in [1.165, 1.54) is 29.8 Å². The van der Waals surface area contributed by atoms with Crippen LogP contribution in [0.1, 0.15) is 18.1 Å². The number of hydrogen-bond donors (Lipinski definition) is 0. The molecular formula is C23H25FN2O3. The molecule has 3 rings (SSSR count). The van der Waals surface area contributed by atoms with Gasteiger partial charge in [0.2, 0.25) is 0 Å². The Morgan fingerprint density at radius 1 is 1.07 bits per heavy atom. The Balaban J connectivity index is 1.44. The van der Waals surface area contributed by atoms with Gasteiger partial charge in [-0.15, -0.1) is 0 Å². The van der Waals surface area contributed by atoms with Gasteiger partial charge in [0.1, 0.15) is 5.82 Å². The van der Waals surface area contributed by atoms with Gasteiger partial charge in [0, 0.05) is 38.8 Å². The summed E-state index contributed by atoms with van der Waals surface area (Å²) in [6.07, 6.45) is 1.81. The largest absolute Gasteiger partial charge is 0.449 e. The topological polar surface area (TPSA) is 49.9 Å². The molecule has 1 heterocycles. The molecule has 2 aromatic carbocycles. The highest BCUT2D eigenvalue weighted by Gasteiger charge is 2.26. The zero-order valence-electron chi connectivity index (χ0n) is 16.5. The third-order valence-electron chi connectivity index (χ3n) is 4.83. The van der Waals surface area contributed by atoms with E-state index in [4.69, 9.17) is 4.74 Å². The second-order valence-corrected chi connectivity index (χ2v) is 7.05. The van der Waals surface area contributed by atoms with Crippen LogP contribution in [-0.2, 0) is 20.9 Å². The molecule has 152 valence electrons. The minimum Gasteiger partial charge on any atom is -0.449 e. The quantitative estimate of drug-likeness (QED) is 0.556. The molecule has 1 atom stereocenters. The van der Waals surface area contributed by atoms with Crippen molar-refractivity contribution in [2.24, 2.45) is 0 Å². The molecule has 5 nitrogen and oxygen atoms in total. The van der Waals surface area contributed by atoms with Gasteiger partial charge >= 0.3 is 5.97 Å². The lowest BCUT2D eigenvalue weighted by Gasteiger charge is -2.35. The van der Waals surface area contributed by atoms with Gasteiger partial charge in [-0.25, -0.2) is 9.18 Å². The van der Waals surface area contributed by atoms with Crippen LogP contribution in [0.25, 0.3) is 6.08 Å². The first-order chi connectivity index (χ1) is 14.0. The molecule has 1 amide bonds. The maximum Gasteiger partial charge on any atom is 0.331 e. The standard InChI is InChI=1S/C23H25FN2O3/c1-18(29-22(27)11-10-19-8-5-9-21(24)16-19)23(28)26-14-12-25(13-15-26)17-20-6-3-2-4-7-20/h2-11,16,18H,12-15,17H2,1H3/b11-10+. The van der Waals surface area contributed by atoms with Crippen LogP contribution in [0.4, 0.5) is 4.39 Å². The summed E-state index contributed by atoms with van der Waals surface area (Å²) in [4.78, 5) is 28.6. The van der Waals surface area contributed by atoms with Gasteiger partial charge < -0.3 is 9.64 Å². The molecule has 1 aliphatic heterocycles. The number of rotatable bonds is 6. The number of carbonyl (C=O) groups excluding carboxylic acids is 2. The predicted octanol–water partition coefficient (Wildman–Crippen LogP) is 3.12. The number of hydrogen-bond acceptors (Lipinski definition) is 4. The van der Waals surface area contributed by atoms with E-state index in [0.29, 0.717) is 18.7 Å². The third kappa shape index (κ3) is 6.26. The monoisotopic (exact) mass is 396 g/mol. The summed E-state index contributed by atoms with van der Waals surface area (Å²) in [7, 11) is 0. The molecule has 1 saturated heterocycles. The summed E-state index contributed by atoms with van der Waals surface area (Å²) in [5, 5.41) is 0. The van der Waals surface area contributed by atoms with Crippen molar-refractivity contribution in [3.05, 3.63) is 77.6 Å². The van der Waals surface area contributed by atoms with Crippen LogP contribution in [0.2, 0.25) is 0 Å². The maximum absolute atomic E-state index is 13.2. The van der Waals surface area contributed by atoms with E-state index in [1.54, 1.807) is 24.0 Å². The Hall–Kier alpha value is -2.99. The SMILES string of the molecule is CC(OC(=O)/C=C/c1cccc(F)c1)C(=O)N1CCN(Cc2ccccc2)CC1. The van der Waals surface area contributed by atoms with Gasteiger partial charge in [0.25, 0.3) is 5.91 Å². The number of carbonyl (C=O) groups is 2. The van der Waals surface area contributed by atoms with Crippen molar-refractivity contribution in [1.29, 1.82) is 0 Å². The molecule has 0 aromatic heterocycles. The summed E-state index contributed by atoms with van der Waals surface area (Å²) in [5.41, 5.74) is 1.80. The second kappa shape index (κ2) is 9.98. The molecule has 0 aliphatic carbocycles. The van der Waals surface area contributed by atoms with Gasteiger partial charge in [-0.3, -0.25) is 9.69 Å². The summed E-state index contributed by atoms with van der Waals surface area (Å²) in [5.74, 6) is -1.20. The molecular weight excluding hydrogens is 371 g/mol. The molecule has 1 aliphatic rings. The number of piperazine rings is 1. The van der Waals surface area contributed by atoms with Crippen LogP contribution in [-0.4, -0.2) is 54.0 Å². The molecule has 0 spiro atoms. The van der Waals surface area contributed by atoms with E-state index in [9.17, 15) is 14.0 Å². The molecule has 0 N–H and O–H groups in total. The Bertz CT molecular complexity index is 861. The summed E-state index contributed by atoms with van der Waals surface area (Å²) in [6, 6.07) is 16.1. The smallest absolute Gasteiger partial charge is 0.331 e. The van der Waals surface area contributed by atoms with E-state index in [1.807, 2.05) is 18.2 Å². The molecule has 0 radical (unpaired) electrons. The Morgan fingerprint density at radius 2 is 1.79 bits per heavy atom. The Kier molecular flexibility index (Phi) is 7.14. The van der Waals surface area contributed by atoms with Crippen LogP contribution >= 0.6 is 0 Å². The number of halogens is 1. The fourth-order valence-electron chi connectivity index (χ4n) is 3.26. The van der Waals surface area contributed by atoms with E-state index in [-0.39, 0.29) is 11.7 Å². The first-order valence-corrected chi connectivity index (χ1v) is 9.70. The van der Waals surface area contributed by atoms with Crippen molar-refractivity contribution < 1.29 is 18.7 Å². The summed E-state index contributed by atoms with van der Waals surface area (Å²) >= 11 is 0. The van der Waals surface area contributed by atoms with Crippen LogP contribution < -0.4 is 0 Å². The third-order valence-corrected chi connectivity index (χ3v) is 4.83. The first kappa shape index (κ1) is 20.7. The van der Waals surface area contributed by atoms with Gasteiger partial charge in [-0.2, -0.15) is 0 Å². The molecule has 29 heavy (non-hydrogen) atoms. The summed E-state index contributed by atoms with van der Waals surface area (Å²) < 4.78 is 18.4. The van der Waals surface area contributed by atoms with Crippen LogP contribution in [0.5, 0.6) is 0 Å². The fourth-order valence-corrected chi connectivity index (χ4v) is 3.26. The highest BCUT2D eigenvalue weighted by molar-refractivity contribution is 5.90. The highest BCUT2D eigenvalue weighted by Crippen LogP contribution is 2.11. The minimum atomic E-state index is -0.861. The molecule has 2 aromatic rings. The molecule has 6 heteroatoms. The second-order valence-electron chi connectivity index (χ2n) is 7.05. The van der Waals surface area contributed by atoms with Crippen molar-refractivity contribution in [3.63, 3.8) is 0 Å². The lowest BCUT2D eigenvalue weighted by Crippen LogP contribution is -2.51. The Labute approximate surface area is 170 Å². The first-order valence-electron chi connectivity index (χ1n) is 9.70. The van der Waals surface area contributed by atoms with Gasteiger partial charge in [0.05, 0.1) is 0 Å². The average Bonchev–Trinajstić information content (AvgIpc) is 2.73. The predicted molar refractivity (Wildman–Crippen MR) is 109 cm³/mol. The lowest BCUT2D eigenvalue weighted by molar-refractivity contribution is -0.156. The summed E-state index contributed by atoms with van der Waals surface area (Å²) in [6.45, 7) is 5.20. The lowest BCUT2D eigenvalue weighted by atomic mass is 10.2. The molecule has 0 saturated carbocycles. The van der Waals surface area contributed by atoms with E-state index in [0.717, 1.165) is 19.6 Å². The van der Waals surface area contributed by atoms with Gasteiger partial charge in [0.15, 0.2) is 6.10 Å². The average molecular weight is 396 g/mol. The van der Waals surface area contributed by atoms with Gasteiger partial charge in [-0.1, -0.05) is 42.5 Å². The van der Waals surface area contributed by atoms with Crippen LogP contribution in [0.15, 0.2) is 60.7 Å². The highest BCUT2D eigenvalue weighted by atomic mass is 19.1. The molecule has 1 fully saturated rings. The van der Waals surface area contributed by atoms with E-state index >= 15 is 0 Å². The number of benzene rings is 2. The van der Waals surface area contributed by atoms with Crippen molar-refractivity contribution in [1.82, 2.24) is 9.80 Å². The number of esters is 1.